The van der Waals surface area contributed by atoms with Crippen molar-refractivity contribution in [2.45, 2.75) is 37.1 Å². The van der Waals surface area contributed by atoms with Crippen LogP contribution in [0.4, 0.5) is 0 Å². The molecule has 2 aliphatic heterocycles. The van der Waals surface area contributed by atoms with Crippen molar-refractivity contribution in [2.75, 3.05) is 33.4 Å². The third kappa shape index (κ3) is 3.70. The maximum Gasteiger partial charge on any atom is 0.233 e. The fourth-order valence-corrected chi connectivity index (χ4v) is 3.80. The van der Waals surface area contributed by atoms with Crippen LogP contribution in [0.15, 0.2) is 30.3 Å². The van der Waals surface area contributed by atoms with Crippen LogP contribution in [0.5, 0.6) is 0 Å². The molecule has 1 aromatic carbocycles. The average Bonchev–Trinajstić information content (AvgIpc) is 2.62. The van der Waals surface area contributed by atoms with Gasteiger partial charge in [-0.05, 0) is 38.3 Å². The predicted molar refractivity (Wildman–Crippen MR) is 94.1 cm³/mol. The number of carbonyl (C=O) groups is 1. The van der Waals surface area contributed by atoms with Crippen LogP contribution in [-0.2, 0) is 14.9 Å². The van der Waals surface area contributed by atoms with Gasteiger partial charge in [-0.2, -0.15) is 0 Å². The quantitative estimate of drug-likeness (QED) is 0.920. The van der Waals surface area contributed by atoms with Crippen molar-refractivity contribution >= 4 is 18.3 Å². The molecule has 1 N–H and O–H groups in total. The molecule has 0 radical (unpaired) electrons. The van der Waals surface area contributed by atoms with Gasteiger partial charge in [-0.3, -0.25) is 4.79 Å². The van der Waals surface area contributed by atoms with Crippen LogP contribution >= 0.6 is 12.4 Å². The van der Waals surface area contributed by atoms with E-state index in [1.165, 1.54) is 0 Å². The molecule has 0 saturated carbocycles. The van der Waals surface area contributed by atoms with E-state index in [1.54, 1.807) is 0 Å². The molecule has 1 amide bonds. The zero-order chi connectivity index (χ0) is 15.4. The summed E-state index contributed by atoms with van der Waals surface area (Å²) in [6.07, 6.45) is 3.81. The van der Waals surface area contributed by atoms with Crippen LogP contribution in [-0.4, -0.2) is 50.2 Å². The SMILES string of the molecule is CNC1CCCN(C(=O)C2(c3ccccc3)CCOCC2)C1.Cl. The predicted octanol–water partition coefficient (Wildman–Crippen LogP) is 2.37. The number of benzene rings is 1. The lowest BCUT2D eigenvalue weighted by Crippen LogP contribution is -2.55. The topological polar surface area (TPSA) is 41.6 Å². The summed E-state index contributed by atoms with van der Waals surface area (Å²) in [5, 5.41) is 3.33. The first-order valence-electron chi connectivity index (χ1n) is 8.36. The van der Waals surface area contributed by atoms with Crippen LogP contribution in [0.3, 0.4) is 0 Å². The van der Waals surface area contributed by atoms with Gasteiger partial charge < -0.3 is 15.0 Å². The summed E-state index contributed by atoms with van der Waals surface area (Å²) in [4.78, 5) is 15.5. The third-order valence-corrected chi connectivity index (χ3v) is 5.20. The van der Waals surface area contributed by atoms with Gasteiger partial charge in [0.15, 0.2) is 0 Å². The van der Waals surface area contributed by atoms with Gasteiger partial charge in [-0.25, -0.2) is 0 Å². The van der Waals surface area contributed by atoms with Gasteiger partial charge in [0.1, 0.15) is 0 Å². The van der Waals surface area contributed by atoms with Gasteiger partial charge in [-0.1, -0.05) is 30.3 Å². The summed E-state index contributed by atoms with van der Waals surface area (Å²) in [6, 6.07) is 10.7. The highest BCUT2D eigenvalue weighted by Crippen LogP contribution is 2.37. The van der Waals surface area contributed by atoms with E-state index in [9.17, 15) is 4.79 Å². The molecule has 5 heteroatoms. The van der Waals surface area contributed by atoms with E-state index < -0.39 is 5.41 Å². The number of ether oxygens (including phenoxy) is 1. The van der Waals surface area contributed by atoms with E-state index in [4.69, 9.17) is 4.74 Å². The Morgan fingerprint density at radius 3 is 2.61 bits per heavy atom. The lowest BCUT2D eigenvalue weighted by atomic mass is 9.72. The lowest BCUT2D eigenvalue weighted by Gasteiger charge is -2.42. The second kappa shape index (κ2) is 8.13. The monoisotopic (exact) mass is 338 g/mol. The fourth-order valence-electron chi connectivity index (χ4n) is 3.80. The number of likely N-dealkylation sites (tertiary alicyclic amines) is 1. The summed E-state index contributed by atoms with van der Waals surface area (Å²) >= 11 is 0. The standard InChI is InChI=1S/C18H26N2O2.ClH/c1-19-16-8-5-11-20(14-16)17(21)18(9-12-22-13-10-18)15-6-3-2-4-7-15;/h2-4,6-7,16,19H,5,8-14H2,1H3;1H. The molecule has 1 aromatic rings. The van der Waals surface area contributed by atoms with Crippen LogP contribution in [0, 0.1) is 0 Å². The Labute approximate surface area is 145 Å². The van der Waals surface area contributed by atoms with Crippen LogP contribution < -0.4 is 5.32 Å². The molecule has 3 rings (SSSR count). The molecular formula is C18H27ClN2O2. The molecule has 2 fully saturated rings. The highest BCUT2D eigenvalue weighted by Gasteiger charge is 2.44. The molecular weight excluding hydrogens is 312 g/mol. The zero-order valence-electron chi connectivity index (χ0n) is 13.8. The molecule has 2 heterocycles. The fraction of sp³-hybridized carbons (Fsp3) is 0.611. The Hall–Kier alpha value is -1.10. The Kier molecular flexibility index (Phi) is 6.45. The molecule has 0 aliphatic carbocycles. The minimum Gasteiger partial charge on any atom is -0.381 e. The van der Waals surface area contributed by atoms with E-state index in [0.29, 0.717) is 25.2 Å². The number of hydrogen-bond acceptors (Lipinski definition) is 3. The molecule has 2 aliphatic rings. The molecule has 0 bridgehead atoms. The maximum atomic E-state index is 13.4. The van der Waals surface area contributed by atoms with Gasteiger partial charge in [0.2, 0.25) is 5.91 Å². The molecule has 1 unspecified atom stereocenters. The second-order valence-electron chi connectivity index (χ2n) is 6.44. The number of nitrogens with zero attached hydrogens (tertiary/aromatic N) is 1. The number of likely N-dealkylation sites (N-methyl/N-ethyl adjacent to an activating group) is 1. The van der Waals surface area contributed by atoms with Gasteiger partial charge in [-0.15, -0.1) is 12.4 Å². The molecule has 2 saturated heterocycles. The minimum atomic E-state index is -0.394. The van der Waals surface area contributed by atoms with Crippen LogP contribution in [0.2, 0.25) is 0 Å². The zero-order valence-corrected chi connectivity index (χ0v) is 14.6. The van der Waals surface area contributed by atoms with Crippen molar-refractivity contribution < 1.29 is 9.53 Å². The molecule has 1 atom stereocenters. The van der Waals surface area contributed by atoms with Gasteiger partial charge in [0.25, 0.3) is 0 Å². The normalized spacial score (nSPS) is 23.9. The van der Waals surface area contributed by atoms with Crippen molar-refractivity contribution in [3.05, 3.63) is 35.9 Å². The summed E-state index contributed by atoms with van der Waals surface area (Å²) in [7, 11) is 1.99. The Bertz CT molecular complexity index is 503. The molecule has 4 nitrogen and oxygen atoms in total. The smallest absolute Gasteiger partial charge is 0.233 e. The number of nitrogens with one attached hydrogen (secondary N) is 1. The van der Waals surface area contributed by atoms with Crippen LogP contribution in [0.1, 0.15) is 31.2 Å². The second-order valence-corrected chi connectivity index (χ2v) is 6.44. The lowest BCUT2D eigenvalue weighted by molar-refractivity contribution is -0.142. The highest BCUT2D eigenvalue weighted by molar-refractivity contribution is 5.88. The van der Waals surface area contributed by atoms with E-state index in [0.717, 1.165) is 44.3 Å². The third-order valence-electron chi connectivity index (χ3n) is 5.20. The highest BCUT2D eigenvalue weighted by atomic mass is 35.5. The van der Waals surface area contributed by atoms with Crippen LogP contribution in [0.25, 0.3) is 0 Å². The van der Waals surface area contributed by atoms with Gasteiger partial charge in [0.05, 0.1) is 5.41 Å². The Morgan fingerprint density at radius 2 is 1.96 bits per heavy atom. The largest absolute Gasteiger partial charge is 0.381 e. The van der Waals surface area contributed by atoms with Gasteiger partial charge in [0, 0.05) is 32.3 Å². The van der Waals surface area contributed by atoms with E-state index in [2.05, 4.69) is 22.3 Å². The summed E-state index contributed by atoms with van der Waals surface area (Å²) < 4.78 is 5.54. The van der Waals surface area contributed by atoms with Crippen molar-refractivity contribution in [3.8, 4) is 0 Å². The molecule has 23 heavy (non-hydrogen) atoms. The number of rotatable bonds is 3. The minimum absolute atomic E-state index is 0. The van der Waals surface area contributed by atoms with E-state index >= 15 is 0 Å². The number of amides is 1. The summed E-state index contributed by atoms with van der Waals surface area (Å²) in [6.45, 7) is 3.05. The first kappa shape index (κ1) is 18.2. The van der Waals surface area contributed by atoms with Crippen molar-refractivity contribution in [2.24, 2.45) is 0 Å². The first-order valence-corrected chi connectivity index (χ1v) is 8.36. The van der Waals surface area contributed by atoms with Crippen molar-refractivity contribution in [1.82, 2.24) is 10.2 Å². The number of carbonyl (C=O) groups excluding carboxylic acids is 1. The van der Waals surface area contributed by atoms with Crippen molar-refractivity contribution in [1.29, 1.82) is 0 Å². The average molecular weight is 339 g/mol. The maximum absolute atomic E-state index is 13.4. The van der Waals surface area contributed by atoms with Gasteiger partial charge >= 0.3 is 0 Å². The van der Waals surface area contributed by atoms with Crippen molar-refractivity contribution in [3.63, 3.8) is 0 Å². The van der Waals surface area contributed by atoms with E-state index in [1.807, 2.05) is 25.2 Å². The Morgan fingerprint density at radius 1 is 1.26 bits per heavy atom. The molecule has 0 spiro atoms. The first-order chi connectivity index (χ1) is 10.8. The number of halogens is 1. The number of piperidine rings is 1. The van der Waals surface area contributed by atoms with E-state index in [-0.39, 0.29) is 12.4 Å². The Balaban J connectivity index is 0.00000192. The molecule has 128 valence electrons. The summed E-state index contributed by atoms with van der Waals surface area (Å²) in [5.74, 6) is 0.293. The summed E-state index contributed by atoms with van der Waals surface area (Å²) in [5.41, 5.74) is 0.754. The molecule has 0 aromatic heterocycles. The number of hydrogen-bond donors (Lipinski definition) is 1.